The van der Waals surface area contributed by atoms with Crippen molar-refractivity contribution in [2.75, 3.05) is 5.32 Å². The highest BCUT2D eigenvalue weighted by molar-refractivity contribution is 6.05. The van der Waals surface area contributed by atoms with Crippen molar-refractivity contribution in [3.63, 3.8) is 0 Å². The number of benzene rings is 2. The van der Waals surface area contributed by atoms with E-state index in [2.05, 4.69) is 10.1 Å². The average molecular weight is 295 g/mol. The SMILES string of the molecule is Cc1ccccc1C(=O)Nc1ccc(OC(F)F)c(F)c1. The minimum atomic E-state index is -3.10. The maximum absolute atomic E-state index is 13.5. The highest BCUT2D eigenvalue weighted by Gasteiger charge is 2.13. The summed E-state index contributed by atoms with van der Waals surface area (Å²) in [5.41, 5.74) is 1.38. The first-order valence-corrected chi connectivity index (χ1v) is 6.08. The van der Waals surface area contributed by atoms with Crippen molar-refractivity contribution in [2.24, 2.45) is 0 Å². The number of ether oxygens (including phenoxy) is 1. The number of carbonyl (C=O) groups is 1. The highest BCUT2D eigenvalue weighted by Crippen LogP contribution is 2.23. The van der Waals surface area contributed by atoms with Gasteiger partial charge >= 0.3 is 6.61 Å². The maximum atomic E-state index is 13.5. The van der Waals surface area contributed by atoms with Gasteiger partial charge in [0.05, 0.1) is 0 Å². The van der Waals surface area contributed by atoms with Gasteiger partial charge < -0.3 is 10.1 Å². The zero-order chi connectivity index (χ0) is 15.4. The Morgan fingerprint density at radius 2 is 1.90 bits per heavy atom. The molecular formula is C15H12F3NO2. The Kier molecular flexibility index (Phi) is 4.47. The van der Waals surface area contributed by atoms with Gasteiger partial charge in [-0.3, -0.25) is 4.79 Å². The predicted molar refractivity (Wildman–Crippen MR) is 72.2 cm³/mol. The second-order valence-electron chi connectivity index (χ2n) is 4.29. The van der Waals surface area contributed by atoms with Crippen molar-refractivity contribution >= 4 is 11.6 Å². The molecule has 0 aliphatic heterocycles. The summed E-state index contributed by atoms with van der Waals surface area (Å²) < 4.78 is 41.6. The quantitative estimate of drug-likeness (QED) is 0.926. The van der Waals surface area contributed by atoms with Gasteiger partial charge in [-0.2, -0.15) is 8.78 Å². The number of hydrogen-bond acceptors (Lipinski definition) is 2. The van der Waals surface area contributed by atoms with Gasteiger partial charge in [0.15, 0.2) is 11.6 Å². The lowest BCUT2D eigenvalue weighted by Crippen LogP contribution is -2.13. The van der Waals surface area contributed by atoms with E-state index < -0.39 is 24.1 Å². The number of alkyl halides is 2. The standard InChI is InChI=1S/C15H12F3NO2/c1-9-4-2-3-5-11(9)14(20)19-10-6-7-13(12(16)8-10)21-15(17)18/h2-8,15H,1H3,(H,19,20). The molecule has 2 aromatic rings. The van der Waals surface area contributed by atoms with Crippen LogP contribution in [0.3, 0.4) is 0 Å². The summed E-state index contributed by atoms with van der Waals surface area (Å²) in [4.78, 5) is 12.0. The lowest BCUT2D eigenvalue weighted by molar-refractivity contribution is -0.0521. The van der Waals surface area contributed by atoms with Crippen molar-refractivity contribution in [1.82, 2.24) is 0 Å². The molecule has 2 aromatic carbocycles. The predicted octanol–water partition coefficient (Wildman–Crippen LogP) is 3.99. The third-order valence-corrected chi connectivity index (χ3v) is 2.80. The number of anilines is 1. The van der Waals surface area contributed by atoms with Crippen LogP contribution < -0.4 is 10.1 Å². The Morgan fingerprint density at radius 3 is 2.52 bits per heavy atom. The maximum Gasteiger partial charge on any atom is 0.387 e. The molecule has 21 heavy (non-hydrogen) atoms. The van der Waals surface area contributed by atoms with E-state index in [0.717, 1.165) is 17.7 Å². The molecule has 0 heterocycles. The molecule has 0 unspecified atom stereocenters. The van der Waals surface area contributed by atoms with E-state index in [0.29, 0.717) is 5.56 Å². The molecule has 0 aliphatic rings. The number of carbonyl (C=O) groups excluding carboxylic acids is 1. The largest absolute Gasteiger partial charge is 0.432 e. The normalized spacial score (nSPS) is 10.5. The Morgan fingerprint density at radius 1 is 1.19 bits per heavy atom. The second-order valence-corrected chi connectivity index (χ2v) is 4.29. The fourth-order valence-corrected chi connectivity index (χ4v) is 1.80. The molecule has 6 heteroatoms. The van der Waals surface area contributed by atoms with Crippen molar-refractivity contribution in [3.8, 4) is 5.75 Å². The van der Waals surface area contributed by atoms with E-state index >= 15 is 0 Å². The third-order valence-electron chi connectivity index (χ3n) is 2.80. The Balaban J connectivity index is 2.15. The molecule has 1 amide bonds. The molecule has 0 saturated carbocycles. The van der Waals surface area contributed by atoms with Gasteiger partial charge in [0.1, 0.15) is 0 Å². The van der Waals surface area contributed by atoms with Crippen LogP contribution in [0.1, 0.15) is 15.9 Å². The summed E-state index contributed by atoms with van der Waals surface area (Å²) in [5, 5.41) is 2.50. The van der Waals surface area contributed by atoms with Gasteiger partial charge in [-0.05, 0) is 30.7 Å². The van der Waals surface area contributed by atoms with Gasteiger partial charge in [0, 0.05) is 17.3 Å². The molecule has 0 spiro atoms. The number of halogens is 3. The molecule has 0 fully saturated rings. The molecule has 110 valence electrons. The van der Waals surface area contributed by atoms with Crippen LogP contribution in [0, 0.1) is 12.7 Å². The highest BCUT2D eigenvalue weighted by atomic mass is 19.3. The molecule has 0 saturated heterocycles. The monoisotopic (exact) mass is 295 g/mol. The molecule has 1 N–H and O–H groups in total. The summed E-state index contributed by atoms with van der Waals surface area (Å²) in [6.07, 6.45) is 0. The summed E-state index contributed by atoms with van der Waals surface area (Å²) >= 11 is 0. The average Bonchev–Trinajstić information content (AvgIpc) is 2.42. The van der Waals surface area contributed by atoms with Crippen molar-refractivity contribution in [1.29, 1.82) is 0 Å². The first-order valence-electron chi connectivity index (χ1n) is 6.08. The van der Waals surface area contributed by atoms with E-state index in [1.165, 1.54) is 6.07 Å². The van der Waals surface area contributed by atoms with Crippen LogP contribution in [-0.4, -0.2) is 12.5 Å². The van der Waals surface area contributed by atoms with Gasteiger partial charge in [-0.25, -0.2) is 4.39 Å². The van der Waals surface area contributed by atoms with E-state index in [-0.39, 0.29) is 5.69 Å². The Bertz CT molecular complexity index is 659. The number of hydrogen-bond donors (Lipinski definition) is 1. The van der Waals surface area contributed by atoms with E-state index in [4.69, 9.17) is 0 Å². The van der Waals surface area contributed by atoms with Gasteiger partial charge in [-0.15, -0.1) is 0 Å². The third kappa shape index (κ3) is 3.75. The summed E-state index contributed by atoms with van der Waals surface area (Å²) in [7, 11) is 0. The van der Waals surface area contributed by atoms with E-state index in [9.17, 15) is 18.0 Å². The Labute approximate surface area is 119 Å². The molecular weight excluding hydrogens is 283 g/mol. The molecule has 0 atom stereocenters. The minimum absolute atomic E-state index is 0.155. The zero-order valence-corrected chi connectivity index (χ0v) is 11.1. The van der Waals surface area contributed by atoms with E-state index in [1.54, 1.807) is 31.2 Å². The second kappa shape index (κ2) is 6.30. The zero-order valence-electron chi connectivity index (χ0n) is 11.1. The smallest absolute Gasteiger partial charge is 0.387 e. The topological polar surface area (TPSA) is 38.3 Å². The lowest BCUT2D eigenvalue weighted by atomic mass is 10.1. The fraction of sp³-hybridized carbons (Fsp3) is 0.133. The lowest BCUT2D eigenvalue weighted by Gasteiger charge is -2.10. The van der Waals surface area contributed by atoms with Gasteiger partial charge in [0.25, 0.3) is 5.91 Å². The molecule has 0 radical (unpaired) electrons. The van der Waals surface area contributed by atoms with Crippen LogP contribution >= 0.6 is 0 Å². The molecule has 0 bridgehead atoms. The number of aryl methyl sites for hydroxylation is 1. The van der Waals surface area contributed by atoms with Crippen LogP contribution in [0.4, 0.5) is 18.9 Å². The molecule has 3 nitrogen and oxygen atoms in total. The summed E-state index contributed by atoms with van der Waals surface area (Å²) in [5.74, 6) is -1.95. The van der Waals surface area contributed by atoms with Crippen molar-refractivity contribution in [3.05, 3.63) is 59.4 Å². The minimum Gasteiger partial charge on any atom is -0.432 e. The van der Waals surface area contributed by atoms with Crippen LogP contribution in [0.5, 0.6) is 5.75 Å². The van der Waals surface area contributed by atoms with Crippen LogP contribution in [0.25, 0.3) is 0 Å². The van der Waals surface area contributed by atoms with Crippen LogP contribution in [0.15, 0.2) is 42.5 Å². The summed E-state index contributed by atoms with van der Waals surface area (Å²) in [6, 6.07) is 10.2. The van der Waals surface area contributed by atoms with Crippen molar-refractivity contribution < 1.29 is 22.7 Å². The number of amides is 1. The van der Waals surface area contributed by atoms with Gasteiger partial charge in [0.2, 0.25) is 0 Å². The first-order chi connectivity index (χ1) is 9.97. The van der Waals surface area contributed by atoms with Crippen LogP contribution in [0.2, 0.25) is 0 Å². The number of nitrogens with one attached hydrogen (secondary N) is 1. The Hall–Kier alpha value is -2.50. The van der Waals surface area contributed by atoms with Crippen molar-refractivity contribution in [2.45, 2.75) is 13.5 Å². The van der Waals surface area contributed by atoms with Gasteiger partial charge in [-0.1, -0.05) is 18.2 Å². The first kappa shape index (κ1) is 14.9. The molecule has 0 aromatic heterocycles. The van der Waals surface area contributed by atoms with Crippen LogP contribution in [-0.2, 0) is 0 Å². The molecule has 0 aliphatic carbocycles. The number of rotatable bonds is 4. The van der Waals surface area contributed by atoms with E-state index in [1.807, 2.05) is 0 Å². The summed E-state index contributed by atoms with van der Waals surface area (Å²) in [6.45, 7) is -1.33. The fourth-order valence-electron chi connectivity index (χ4n) is 1.80. The molecule has 2 rings (SSSR count).